The van der Waals surface area contributed by atoms with Gasteiger partial charge in [0, 0.05) is 6.07 Å². The number of pyridine rings is 1. The maximum Gasteiger partial charge on any atom is 0.437 e. The summed E-state index contributed by atoms with van der Waals surface area (Å²) in [5, 5.41) is 8.81. The van der Waals surface area contributed by atoms with E-state index in [4.69, 9.17) is 19.3 Å². The molecule has 0 aliphatic heterocycles. The van der Waals surface area contributed by atoms with Crippen molar-refractivity contribution in [2.75, 3.05) is 14.2 Å². The SMILES string of the molecule is COc1ccc(Oc2c(C(F)(F)F)cc(C(=O)O)nc2C(F)(F)F)c(OC)c1. The van der Waals surface area contributed by atoms with Crippen molar-refractivity contribution in [1.82, 2.24) is 4.98 Å². The van der Waals surface area contributed by atoms with E-state index < -0.39 is 46.8 Å². The number of alkyl halides is 6. The smallest absolute Gasteiger partial charge is 0.437 e. The molecule has 0 unspecified atom stereocenters. The van der Waals surface area contributed by atoms with Crippen LogP contribution in [0.2, 0.25) is 0 Å². The molecule has 1 heterocycles. The zero-order chi connectivity index (χ0) is 21.3. The average molecular weight is 411 g/mol. The number of hydrogen-bond acceptors (Lipinski definition) is 5. The molecule has 12 heteroatoms. The van der Waals surface area contributed by atoms with Gasteiger partial charge in [0.15, 0.2) is 22.9 Å². The largest absolute Gasteiger partial charge is 0.497 e. The lowest BCUT2D eigenvalue weighted by Crippen LogP contribution is -2.19. The molecule has 1 aromatic carbocycles. The van der Waals surface area contributed by atoms with Gasteiger partial charge in [-0.2, -0.15) is 26.3 Å². The maximum absolute atomic E-state index is 13.3. The second kappa shape index (κ2) is 7.44. The predicted molar refractivity (Wildman–Crippen MR) is 80.8 cm³/mol. The summed E-state index contributed by atoms with van der Waals surface area (Å²) in [5.74, 6) is -4.28. The first kappa shape index (κ1) is 21.1. The summed E-state index contributed by atoms with van der Waals surface area (Å²) in [7, 11) is 2.40. The summed E-state index contributed by atoms with van der Waals surface area (Å²) in [6.07, 6.45) is -10.8. The summed E-state index contributed by atoms with van der Waals surface area (Å²) in [5.41, 5.74) is -5.53. The molecule has 0 fully saturated rings. The Morgan fingerprint density at radius 2 is 1.61 bits per heavy atom. The Morgan fingerprint density at radius 3 is 2.07 bits per heavy atom. The Balaban J connectivity index is 2.76. The van der Waals surface area contributed by atoms with Crippen molar-refractivity contribution in [3.8, 4) is 23.0 Å². The summed E-state index contributed by atoms with van der Waals surface area (Å²) in [4.78, 5) is 13.7. The number of halogens is 6. The summed E-state index contributed by atoms with van der Waals surface area (Å²) >= 11 is 0. The highest BCUT2D eigenvalue weighted by molar-refractivity contribution is 5.86. The second-order valence-electron chi connectivity index (χ2n) is 5.15. The molecule has 0 saturated heterocycles. The topological polar surface area (TPSA) is 77.9 Å². The molecule has 1 N–H and O–H groups in total. The molecule has 0 bridgehead atoms. The highest BCUT2D eigenvalue weighted by Crippen LogP contribution is 2.46. The molecule has 0 radical (unpaired) electrons. The van der Waals surface area contributed by atoms with Crippen molar-refractivity contribution in [1.29, 1.82) is 0 Å². The molecule has 0 aliphatic carbocycles. The van der Waals surface area contributed by atoms with E-state index >= 15 is 0 Å². The van der Waals surface area contributed by atoms with Crippen molar-refractivity contribution < 1.29 is 50.5 Å². The molecule has 0 atom stereocenters. The van der Waals surface area contributed by atoms with Crippen LogP contribution in [0, 0.1) is 0 Å². The van der Waals surface area contributed by atoms with Gasteiger partial charge in [-0.3, -0.25) is 0 Å². The maximum atomic E-state index is 13.3. The van der Waals surface area contributed by atoms with Gasteiger partial charge in [-0.1, -0.05) is 0 Å². The fourth-order valence-electron chi connectivity index (χ4n) is 2.12. The fraction of sp³-hybridized carbons (Fsp3) is 0.250. The van der Waals surface area contributed by atoms with Gasteiger partial charge in [-0.25, -0.2) is 9.78 Å². The van der Waals surface area contributed by atoms with E-state index in [0.717, 1.165) is 13.2 Å². The average Bonchev–Trinajstić information content (AvgIpc) is 2.59. The molecular weight excluding hydrogens is 400 g/mol. The second-order valence-corrected chi connectivity index (χ2v) is 5.15. The van der Waals surface area contributed by atoms with Gasteiger partial charge in [0.05, 0.1) is 14.2 Å². The molecule has 0 saturated carbocycles. The monoisotopic (exact) mass is 411 g/mol. The van der Waals surface area contributed by atoms with Crippen molar-refractivity contribution >= 4 is 5.97 Å². The Kier molecular flexibility index (Phi) is 5.62. The van der Waals surface area contributed by atoms with Crippen LogP contribution in [-0.2, 0) is 12.4 Å². The highest BCUT2D eigenvalue weighted by atomic mass is 19.4. The van der Waals surface area contributed by atoms with Crippen molar-refractivity contribution in [3.63, 3.8) is 0 Å². The van der Waals surface area contributed by atoms with Crippen LogP contribution in [0.4, 0.5) is 26.3 Å². The number of nitrogens with zero attached hydrogens (tertiary/aromatic N) is 1. The van der Waals surface area contributed by atoms with Crippen molar-refractivity contribution in [2.45, 2.75) is 12.4 Å². The molecule has 0 spiro atoms. The fourth-order valence-corrected chi connectivity index (χ4v) is 2.12. The zero-order valence-electron chi connectivity index (χ0n) is 14.1. The van der Waals surface area contributed by atoms with Crippen LogP contribution in [0.5, 0.6) is 23.0 Å². The first-order chi connectivity index (χ1) is 12.9. The number of carboxylic acid groups (broad SMARTS) is 1. The van der Waals surface area contributed by atoms with Gasteiger partial charge in [0.25, 0.3) is 0 Å². The quantitative estimate of drug-likeness (QED) is 0.724. The van der Waals surface area contributed by atoms with Gasteiger partial charge < -0.3 is 19.3 Å². The van der Waals surface area contributed by atoms with Crippen molar-refractivity contribution in [2.24, 2.45) is 0 Å². The molecular formula is C16H11F6NO5. The van der Waals surface area contributed by atoms with E-state index in [2.05, 4.69) is 4.98 Å². The number of ether oxygens (including phenoxy) is 3. The number of hydrogen-bond donors (Lipinski definition) is 1. The third-order valence-electron chi connectivity index (χ3n) is 3.35. The molecule has 28 heavy (non-hydrogen) atoms. The third-order valence-corrected chi connectivity index (χ3v) is 3.35. The molecule has 2 aromatic rings. The molecule has 0 aliphatic rings. The first-order valence-electron chi connectivity index (χ1n) is 7.21. The van der Waals surface area contributed by atoms with Gasteiger partial charge >= 0.3 is 18.3 Å². The molecule has 6 nitrogen and oxygen atoms in total. The summed E-state index contributed by atoms with van der Waals surface area (Å²) < 4.78 is 94.6. The highest BCUT2D eigenvalue weighted by Gasteiger charge is 2.45. The number of aromatic carboxylic acids is 1. The number of carbonyl (C=O) groups is 1. The van der Waals surface area contributed by atoms with Crippen LogP contribution in [0.1, 0.15) is 21.7 Å². The van der Waals surface area contributed by atoms with Crippen LogP contribution in [0.15, 0.2) is 24.3 Å². The van der Waals surface area contributed by atoms with E-state index in [1.807, 2.05) is 0 Å². The summed E-state index contributed by atoms with van der Waals surface area (Å²) in [6, 6.07) is 3.39. The first-order valence-corrected chi connectivity index (χ1v) is 7.21. The van der Waals surface area contributed by atoms with Gasteiger partial charge in [-0.15, -0.1) is 0 Å². The number of methoxy groups -OCH3 is 2. The molecule has 152 valence electrons. The number of rotatable bonds is 5. The van der Waals surface area contributed by atoms with E-state index in [1.54, 1.807) is 0 Å². The Bertz CT molecular complexity index is 859. The van der Waals surface area contributed by atoms with Crippen LogP contribution >= 0.6 is 0 Å². The predicted octanol–water partition coefficient (Wildman–Crippen LogP) is 4.63. The molecule has 0 amide bonds. The van der Waals surface area contributed by atoms with E-state index in [0.29, 0.717) is 0 Å². The van der Waals surface area contributed by atoms with Gasteiger partial charge in [0.2, 0.25) is 0 Å². The summed E-state index contributed by atoms with van der Waals surface area (Å²) in [6.45, 7) is 0. The lowest BCUT2D eigenvalue weighted by molar-refractivity contribution is -0.147. The van der Waals surface area contributed by atoms with E-state index in [9.17, 15) is 31.1 Å². The van der Waals surface area contributed by atoms with Crippen LogP contribution in [-0.4, -0.2) is 30.3 Å². The van der Waals surface area contributed by atoms with Crippen LogP contribution in [0.25, 0.3) is 0 Å². The van der Waals surface area contributed by atoms with Crippen LogP contribution < -0.4 is 14.2 Å². The minimum Gasteiger partial charge on any atom is -0.497 e. The van der Waals surface area contributed by atoms with Gasteiger partial charge in [0.1, 0.15) is 17.0 Å². The standard InChI is InChI=1S/C16H11F6NO5/c1-26-7-3-4-10(11(5-7)27-2)28-12-8(15(17,18)19)6-9(14(24)25)23-13(12)16(20,21)22/h3-6H,1-2H3,(H,24,25). The zero-order valence-corrected chi connectivity index (χ0v) is 14.1. The Morgan fingerprint density at radius 1 is 0.964 bits per heavy atom. The molecule has 2 rings (SSSR count). The minimum absolute atomic E-state index is 0.0388. The van der Waals surface area contributed by atoms with Crippen molar-refractivity contribution in [3.05, 3.63) is 41.2 Å². The number of carboxylic acids is 1. The number of aromatic nitrogens is 1. The lowest BCUT2D eigenvalue weighted by atomic mass is 10.1. The lowest BCUT2D eigenvalue weighted by Gasteiger charge is -2.20. The normalized spacial score (nSPS) is 11.9. The molecule has 1 aromatic heterocycles. The number of benzene rings is 1. The van der Waals surface area contributed by atoms with Crippen LogP contribution in [0.3, 0.4) is 0 Å². The Hall–Kier alpha value is -3.18. The Labute approximate surface area is 153 Å². The minimum atomic E-state index is -5.43. The van der Waals surface area contributed by atoms with Gasteiger partial charge in [-0.05, 0) is 18.2 Å². The van der Waals surface area contributed by atoms with E-state index in [1.165, 1.54) is 19.2 Å². The third kappa shape index (κ3) is 4.38. The van der Waals surface area contributed by atoms with E-state index in [-0.39, 0.29) is 17.6 Å².